The van der Waals surface area contributed by atoms with Crippen molar-refractivity contribution < 1.29 is 0 Å². The molecule has 0 bridgehead atoms. The van der Waals surface area contributed by atoms with Crippen molar-refractivity contribution in [3.8, 4) is 0 Å². The lowest BCUT2D eigenvalue weighted by molar-refractivity contribution is 0.597. The van der Waals surface area contributed by atoms with Crippen molar-refractivity contribution in [2.24, 2.45) is 12.0 Å². The van der Waals surface area contributed by atoms with Gasteiger partial charge in [-0.2, -0.15) is 10.2 Å². The van der Waals surface area contributed by atoms with Crippen molar-refractivity contribution in [3.63, 3.8) is 0 Å². The van der Waals surface area contributed by atoms with Crippen LogP contribution in [0, 0.1) is 13.8 Å². The van der Waals surface area contributed by atoms with Gasteiger partial charge in [-0.1, -0.05) is 0 Å². The summed E-state index contributed by atoms with van der Waals surface area (Å²) in [6.45, 7) is 6.39. The zero-order valence-electron chi connectivity index (χ0n) is 13.5. The molecule has 2 aromatic rings. The average molecular weight is 417 g/mol. The molecule has 0 saturated carbocycles. The first kappa shape index (κ1) is 18.5. The zero-order valence-corrected chi connectivity index (χ0v) is 15.8. The summed E-state index contributed by atoms with van der Waals surface area (Å²) in [5, 5.41) is 15.2. The first-order valence-electron chi connectivity index (χ1n) is 7.03. The molecule has 122 valence electrons. The first-order chi connectivity index (χ1) is 10.1. The minimum absolute atomic E-state index is 0. The highest BCUT2D eigenvalue weighted by Crippen LogP contribution is 2.10. The highest BCUT2D eigenvalue weighted by atomic mass is 127. The highest BCUT2D eigenvalue weighted by Gasteiger charge is 2.09. The Balaban J connectivity index is 0.00000242. The molecule has 2 heterocycles. The van der Waals surface area contributed by atoms with Gasteiger partial charge in [-0.05, 0) is 19.9 Å². The van der Waals surface area contributed by atoms with Gasteiger partial charge in [-0.25, -0.2) is 0 Å². The fourth-order valence-electron chi connectivity index (χ4n) is 2.19. The van der Waals surface area contributed by atoms with Crippen molar-refractivity contribution in [2.45, 2.75) is 26.9 Å². The Kier molecular flexibility index (Phi) is 7.36. The molecule has 22 heavy (non-hydrogen) atoms. The number of hydrogen-bond donors (Lipinski definition) is 2. The van der Waals surface area contributed by atoms with Crippen LogP contribution in [0.2, 0.25) is 0 Å². The number of aryl methyl sites for hydroxylation is 2. The molecule has 0 aliphatic rings. The van der Waals surface area contributed by atoms with Gasteiger partial charge in [0.25, 0.3) is 0 Å². The fourth-order valence-corrected chi connectivity index (χ4v) is 2.19. The van der Waals surface area contributed by atoms with Gasteiger partial charge in [-0.15, -0.1) is 24.0 Å². The topological polar surface area (TPSA) is 72.1 Å². The number of nitrogens with zero attached hydrogens (tertiary/aromatic N) is 5. The van der Waals surface area contributed by atoms with Gasteiger partial charge < -0.3 is 10.6 Å². The predicted molar refractivity (Wildman–Crippen MR) is 98.5 cm³/mol. The summed E-state index contributed by atoms with van der Waals surface area (Å²) in [6.07, 6.45) is 3.72. The monoisotopic (exact) mass is 417 g/mol. The Hall–Kier alpha value is -1.58. The summed E-state index contributed by atoms with van der Waals surface area (Å²) in [5.41, 5.74) is 3.44. The lowest BCUT2D eigenvalue weighted by atomic mass is 10.2. The second kappa shape index (κ2) is 8.76. The van der Waals surface area contributed by atoms with E-state index >= 15 is 0 Å². The lowest BCUT2D eigenvalue weighted by Crippen LogP contribution is -2.38. The van der Waals surface area contributed by atoms with Crippen LogP contribution in [-0.4, -0.2) is 39.1 Å². The van der Waals surface area contributed by atoms with Gasteiger partial charge >= 0.3 is 0 Å². The molecule has 0 unspecified atom stereocenters. The van der Waals surface area contributed by atoms with Crippen molar-refractivity contribution in [3.05, 3.63) is 35.4 Å². The van der Waals surface area contributed by atoms with Crippen LogP contribution in [0.1, 0.15) is 17.0 Å². The third-order valence-corrected chi connectivity index (χ3v) is 3.51. The van der Waals surface area contributed by atoms with Crippen LogP contribution in [0.15, 0.2) is 23.5 Å². The molecule has 0 aromatic carbocycles. The molecule has 8 heteroatoms. The zero-order chi connectivity index (χ0) is 15.2. The van der Waals surface area contributed by atoms with E-state index in [9.17, 15) is 0 Å². The Morgan fingerprint density at radius 3 is 2.64 bits per heavy atom. The molecule has 2 aromatic heterocycles. The Morgan fingerprint density at radius 2 is 2.09 bits per heavy atom. The smallest absolute Gasteiger partial charge is 0.191 e. The number of hydrogen-bond acceptors (Lipinski definition) is 3. The fraction of sp³-hybridized carbons (Fsp3) is 0.500. The van der Waals surface area contributed by atoms with Gasteiger partial charge in [0.05, 0.1) is 12.2 Å². The van der Waals surface area contributed by atoms with Crippen LogP contribution in [0.3, 0.4) is 0 Å². The standard InChI is InChI=1S/C14H23N7.HI/c1-11-13(12(2)20(4)19-11)10-17-14(15-3)16-7-9-21-8-5-6-18-21;/h5-6,8H,7,9-10H2,1-4H3,(H2,15,16,17);1H. The summed E-state index contributed by atoms with van der Waals surface area (Å²) in [6, 6.07) is 1.92. The molecule has 0 atom stereocenters. The number of nitrogens with one attached hydrogen (secondary N) is 2. The summed E-state index contributed by atoms with van der Waals surface area (Å²) in [5.74, 6) is 0.782. The van der Waals surface area contributed by atoms with E-state index in [0.29, 0.717) is 6.54 Å². The van der Waals surface area contributed by atoms with E-state index in [0.717, 1.165) is 24.7 Å². The number of rotatable bonds is 5. The molecule has 0 amide bonds. The minimum Gasteiger partial charge on any atom is -0.355 e. The average Bonchev–Trinajstić information content (AvgIpc) is 3.05. The van der Waals surface area contributed by atoms with E-state index in [1.165, 1.54) is 11.3 Å². The van der Waals surface area contributed by atoms with Crippen molar-refractivity contribution in [1.82, 2.24) is 30.2 Å². The Morgan fingerprint density at radius 1 is 1.32 bits per heavy atom. The maximum Gasteiger partial charge on any atom is 0.191 e. The summed E-state index contributed by atoms with van der Waals surface area (Å²) >= 11 is 0. The summed E-state index contributed by atoms with van der Waals surface area (Å²) in [7, 11) is 3.73. The van der Waals surface area contributed by atoms with Crippen LogP contribution in [0.5, 0.6) is 0 Å². The third-order valence-electron chi connectivity index (χ3n) is 3.51. The molecule has 7 nitrogen and oxygen atoms in total. The molecule has 0 aliphatic carbocycles. The van der Waals surface area contributed by atoms with Crippen LogP contribution in [0.4, 0.5) is 0 Å². The van der Waals surface area contributed by atoms with E-state index in [-0.39, 0.29) is 24.0 Å². The van der Waals surface area contributed by atoms with Gasteiger partial charge in [0.2, 0.25) is 0 Å². The maximum atomic E-state index is 4.42. The SMILES string of the molecule is CN=C(NCCn1cccn1)NCc1c(C)nn(C)c1C.I. The second-order valence-electron chi connectivity index (χ2n) is 4.89. The Labute approximate surface area is 148 Å². The van der Waals surface area contributed by atoms with E-state index in [1.54, 1.807) is 13.2 Å². The number of guanidine groups is 1. The number of halogens is 1. The van der Waals surface area contributed by atoms with Crippen molar-refractivity contribution >= 4 is 29.9 Å². The normalized spacial score (nSPS) is 11.2. The van der Waals surface area contributed by atoms with Crippen molar-refractivity contribution in [2.75, 3.05) is 13.6 Å². The van der Waals surface area contributed by atoms with Crippen molar-refractivity contribution in [1.29, 1.82) is 0 Å². The van der Waals surface area contributed by atoms with Gasteiger partial charge in [0, 0.05) is 50.8 Å². The molecule has 2 rings (SSSR count). The van der Waals surface area contributed by atoms with E-state index in [2.05, 4.69) is 32.7 Å². The third kappa shape index (κ3) is 4.72. The van der Waals surface area contributed by atoms with Gasteiger partial charge in [0.1, 0.15) is 0 Å². The Bertz CT molecular complexity index is 601. The van der Waals surface area contributed by atoms with Crippen LogP contribution in [0.25, 0.3) is 0 Å². The largest absolute Gasteiger partial charge is 0.355 e. The maximum absolute atomic E-state index is 4.42. The molecular weight excluding hydrogens is 393 g/mol. The molecule has 0 aliphatic heterocycles. The number of aromatic nitrogens is 4. The molecular formula is C14H24IN7. The van der Waals surface area contributed by atoms with E-state index in [4.69, 9.17) is 0 Å². The van der Waals surface area contributed by atoms with E-state index < -0.39 is 0 Å². The summed E-state index contributed by atoms with van der Waals surface area (Å²) in [4.78, 5) is 4.23. The molecule has 2 N–H and O–H groups in total. The molecule has 0 fully saturated rings. The van der Waals surface area contributed by atoms with E-state index in [1.807, 2.05) is 35.6 Å². The van der Waals surface area contributed by atoms with Crippen LogP contribution < -0.4 is 10.6 Å². The molecule has 0 radical (unpaired) electrons. The molecule has 0 saturated heterocycles. The second-order valence-corrected chi connectivity index (χ2v) is 4.89. The predicted octanol–water partition coefficient (Wildman–Crippen LogP) is 1.22. The summed E-state index contributed by atoms with van der Waals surface area (Å²) < 4.78 is 3.79. The quantitative estimate of drug-likeness (QED) is 0.436. The molecule has 0 spiro atoms. The first-order valence-corrected chi connectivity index (χ1v) is 7.03. The van der Waals surface area contributed by atoms with Crippen LogP contribution >= 0.6 is 24.0 Å². The minimum atomic E-state index is 0. The highest BCUT2D eigenvalue weighted by molar-refractivity contribution is 14.0. The van der Waals surface area contributed by atoms with Crippen LogP contribution in [-0.2, 0) is 20.1 Å². The number of aliphatic imine (C=N–C) groups is 1. The lowest BCUT2D eigenvalue weighted by Gasteiger charge is -2.12. The van der Waals surface area contributed by atoms with Gasteiger partial charge in [0.15, 0.2) is 5.96 Å². The van der Waals surface area contributed by atoms with Gasteiger partial charge in [-0.3, -0.25) is 14.4 Å².